The molecule has 0 radical (unpaired) electrons. The molecule has 1 aromatic carbocycles. The van der Waals surface area contributed by atoms with Crippen molar-refractivity contribution >= 4 is 11.7 Å². The molecule has 0 bridgehead atoms. The molecule has 0 amide bonds. The number of carbonyl (C=O) groups excluding carboxylic acids is 1. The number of hydrogen-bond donors (Lipinski definition) is 0. The Morgan fingerprint density at radius 3 is 2.55 bits per heavy atom. The second-order valence-electron chi connectivity index (χ2n) is 3.74. The summed E-state index contributed by atoms with van der Waals surface area (Å²) in [5.74, 6) is -3.24. The van der Waals surface area contributed by atoms with Gasteiger partial charge in [-0.05, 0) is 19.1 Å². The highest BCUT2D eigenvalue weighted by molar-refractivity contribution is 5.97. The Balaban J connectivity index is 2.17. The summed E-state index contributed by atoms with van der Waals surface area (Å²) in [6, 6.07) is 3.06. The topological polar surface area (TPSA) is 64.4 Å². The Labute approximate surface area is 112 Å². The summed E-state index contributed by atoms with van der Waals surface area (Å²) >= 11 is 0. The average Bonchev–Trinajstić information content (AvgIpc) is 2.45. The number of nitrogens with zero attached hydrogens (tertiary/aromatic N) is 3. The molecule has 0 aliphatic heterocycles. The van der Waals surface area contributed by atoms with Crippen LogP contribution in [0.1, 0.15) is 23.0 Å². The van der Waals surface area contributed by atoms with Crippen molar-refractivity contribution in [1.29, 1.82) is 0 Å². The van der Waals surface area contributed by atoms with Crippen LogP contribution >= 0.6 is 0 Å². The van der Waals surface area contributed by atoms with Gasteiger partial charge in [-0.2, -0.15) is 0 Å². The predicted molar refractivity (Wildman–Crippen MR) is 66.0 cm³/mol. The van der Waals surface area contributed by atoms with Crippen LogP contribution in [0, 0.1) is 11.6 Å². The van der Waals surface area contributed by atoms with Crippen LogP contribution < -0.4 is 0 Å². The molecule has 0 spiro atoms. The molecule has 20 heavy (non-hydrogen) atoms. The number of carbonyl (C=O) groups is 1. The second kappa shape index (κ2) is 5.96. The zero-order valence-electron chi connectivity index (χ0n) is 10.4. The zero-order valence-corrected chi connectivity index (χ0v) is 10.4. The highest BCUT2D eigenvalue weighted by atomic mass is 19.1. The van der Waals surface area contributed by atoms with E-state index in [2.05, 4.69) is 20.0 Å². The molecule has 2 rings (SSSR count). The lowest BCUT2D eigenvalue weighted by atomic mass is 10.2. The fourth-order valence-corrected chi connectivity index (χ4v) is 1.38. The molecular weight excluding hydrogens is 268 g/mol. The quantitative estimate of drug-likeness (QED) is 0.490. The lowest BCUT2D eigenvalue weighted by Crippen LogP contribution is -2.09. The summed E-state index contributed by atoms with van der Waals surface area (Å²) in [6.07, 6.45) is 4.32. The Morgan fingerprint density at radius 2 is 1.95 bits per heavy atom. The van der Waals surface area contributed by atoms with Crippen LogP contribution in [-0.4, -0.2) is 21.6 Å². The third-order valence-electron chi connectivity index (χ3n) is 2.37. The zero-order chi connectivity index (χ0) is 14.5. The van der Waals surface area contributed by atoms with Gasteiger partial charge in [-0.25, -0.2) is 13.6 Å². The van der Waals surface area contributed by atoms with E-state index in [1.165, 1.54) is 25.5 Å². The molecule has 0 saturated heterocycles. The summed E-state index contributed by atoms with van der Waals surface area (Å²) in [5.41, 5.74) is -0.152. The first-order valence-electron chi connectivity index (χ1n) is 5.56. The predicted octanol–water partition coefficient (Wildman–Crippen LogP) is 2.34. The molecule has 7 heteroatoms. The van der Waals surface area contributed by atoms with Crippen molar-refractivity contribution in [2.45, 2.75) is 6.92 Å². The summed E-state index contributed by atoms with van der Waals surface area (Å²) in [7, 11) is 0. The van der Waals surface area contributed by atoms with Crippen molar-refractivity contribution in [3.8, 4) is 0 Å². The van der Waals surface area contributed by atoms with Gasteiger partial charge in [0, 0.05) is 12.4 Å². The number of halogens is 2. The fraction of sp³-hybridized carbons (Fsp3) is 0.0769. The van der Waals surface area contributed by atoms with Gasteiger partial charge in [0.05, 0.1) is 6.20 Å². The van der Waals surface area contributed by atoms with E-state index in [1.54, 1.807) is 0 Å². The van der Waals surface area contributed by atoms with Crippen LogP contribution in [0.4, 0.5) is 8.78 Å². The van der Waals surface area contributed by atoms with Crippen molar-refractivity contribution in [2.75, 3.05) is 0 Å². The molecule has 0 atom stereocenters. The van der Waals surface area contributed by atoms with E-state index in [4.69, 9.17) is 0 Å². The third-order valence-corrected chi connectivity index (χ3v) is 2.37. The molecule has 0 aliphatic carbocycles. The van der Waals surface area contributed by atoms with E-state index in [1.807, 2.05) is 0 Å². The van der Waals surface area contributed by atoms with Gasteiger partial charge >= 0.3 is 5.97 Å². The number of benzene rings is 1. The molecule has 0 aliphatic rings. The molecular formula is C13H9F2N3O2. The van der Waals surface area contributed by atoms with Crippen molar-refractivity contribution in [3.63, 3.8) is 0 Å². The minimum absolute atomic E-state index is 0.253. The van der Waals surface area contributed by atoms with E-state index in [-0.39, 0.29) is 5.71 Å². The third kappa shape index (κ3) is 3.00. The van der Waals surface area contributed by atoms with Crippen molar-refractivity contribution in [1.82, 2.24) is 9.97 Å². The Morgan fingerprint density at radius 1 is 1.25 bits per heavy atom. The number of aromatic nitrogens is 2. The van der Waals surface area contributed by atoms with Gasteiger partial charge in [-0.3, -0.25) is 9.97 Å². The molecule has 5 nitrogen and oxygen atoms in total. The molecule has 1 heterocycles. The maximum atomic E-state index is 13.3. The monoisotopic (exact) mass is 277 g/mol. The number of rotatable bonds is 3. The SMILES string of the molecule is C/C(=N\OC(=O)c1c(F)cccc1F)c1cnccn1. The van der Waals surface area contributed by atoms with Gasteiger partial charge in [0.15, 0.2) is 0 Å². The minimum atomic E-state index is -1.22. The molecule has 102 valence electrons. The van der Waals surface area contributed by atoms with Crippen molar-refractivity contribution in [2.24, 2.45) is 5.16 Å². The van der Waals surface area contributed by atoms with Gasteiger partial charge in [0.1, 0.15) is 28.6 Å². The van der Waals surface area contributed by atoms with Gasteiger partial charge in [0.25, 0.3) is 0 Å². The second-order valence-corrected chi connectivity index (χ2v) is 3.74. The average molecular weight is 277 g/mol. The summed E-state index contributed by atoms with van der Waals surface area (Å²) in [5, 5.41) is 3.48. The standard InChI is InChI=1S/C13H9F2N3O2/c1-8(11-7-16-5-6-17-11)18-20-13(19)12-9(14)3-2-4-10(12)15/h2-7H,1H3/b18-8+. The van der Waals surface area contributed by atoms with Crippen molar-refractivity contribution < 1.29 is 18.4 Å². The normalized spacial score (nSPS) is 11.2. The van der Waals surface area contributed by atoms with Gasteiger partial charge in [-0.15, -0.1) is 0 Å². The maximum Gasteiger partial charge on any atom is 0.371 e. The first kappa shape index (κ1) is 13.7. The first-order chi connectivity index (χ1) is 9.59. The van der Waals surface area contributed by atoms with Crippen LogP contribution in [0.2, 0.25) is 0 Å². The van der Waals surface area contributed by atoms with Gasteiger partial charge in [0.2, 0.25) is 0 Å². The van der Waals surface area contributed by atoms with Gasteiger partial charge < -0.3 is 4.84 Å². The number of hydrogen-bond acceptors (Lipinski definition) is 5. The van der Waals surface area contributed by atoms with Crippen LogP contribution in [-0.2, 0) is 4.84 Å². The molecule has 0 fully saturated rings. The lowest BCUT2D eigenvalue weighted by molar-refractivity contribution is 0.0505. The Bertz CT molecular complexity index is 640. The van der Waals surface area contributed by atoms with Crippen LogP contribution in [0.5, 0.6) is 0 Å². The number of oxime groups is 1. The summed E-state index contributed by atoms with van der Waals surface area (Å²) in [4.78, 5) is 23.8. The van der Waals surface area contributed by atoms with E-state index in [0.717, 1.165) is 18.2 Å². The molecule has 1 aromatic heterocycles. The first-order valence-corrected chi connectivity index (χ1v) is 5.56. The molecule has 0 saturated carbocycles. The molecule has 0 N–H and O–H groups in total. The lowest BCUT2D eigenvalue weighted by Gasteiger charge is -2.02. The van der Waals surface area contributed by atoms with E-state index in [0.29, 0.717) is 5.69 Å². The highest BCUT2D eigenvalue weighted by Crippen LogP contribution is 2.13. The Hall–Kier alpha value is -2.70. The molecule has 0 unspecified atom stereocenters. The van der Waals surface area contributed by atoms with E-state index < -0.39 is 23.2 Å². The summed E-state index contributed by atoms with van der Waals surface area (Å²) < 4.78 is 26.7. The van der Waals surface area contributed by atoms with Crippen LogP contribution in [0.3, 0.4) is 0 Å². The smallest absolute Gasteiger partial charge is 0.312 e. The summed E-state index contributed by atoms with van der Waals surface area (Å²) in [6.45, 7) is 1.52. The van der Waals surface area contributed by atoms with E-state index >= 15 is 0 Å². The fourth-order valence-electron chi connectivity index (χ4n) is 1.38. The van der Waals surface area contributed by atoms with Crippen LogP contribution in [0.15, 0.2) is 41.9 Å². The van der Waals surface area contributed by atoms with Gasteiger partial charge in [-0.1, -0.05) is 11.2 Å². The highest BCUT2D eigenvalue weighted by Gasteiger charge is 2.19. The van der Waals surface area contributed by atoms with Crippen LogP contribution in [0.25, 0.3) is 0 Å². The largest absolute Gasteiger partial charge is 0.371 e. The molecule has 2 aromatic rings. The van der Waals surface area contributed by atoms with E-state index in [9.17, 15) is 13.6 Å². The van der Waals surface area contributed by atoms with Crippen molar-refractivity contribution in [3.05, 3.63) is 59.7 Å². The Kier molecular flexibility index (Phi) is 4.09. The minimum Gasteiger partial charge on any atom is -0.312 e. The maximum absolute atomic E-state index is 13.3.